The van der Waals surface area contributed by atoms with E-state index in [9.17, 15) is 4.79 Å². The Morgan fingerprint density at radius 3 is 2.50 bits per heavy atom. The van der Waals surface area contributed by atoms with E-state index >= 15 is 0 Å². The normalized spacial score (nSPS) is 11.9. The van der Waals surface area contributed by atoms with Crippen molar-refractivity contribution in [2.45, 2.75) is 59.5 Å². The van der Waals surface area contributed by atoms with E-state index in [0.717, 1.165) is 18.4 Å². The van der Waals surface area contributed by atoms with Gasteiger partial charge in [-0.15, -0.1) is 0 Å². The van der Waals surface area contributed by atoms with E-state index in [1.54, 1.807) is 6.08 Å². The standard InChI is InChI=1S/C12H22O2/c1-5-6-7-8-11(4)9-12(13)14-10(2)3/h9-10H,5-8H2,1-4H3/b11-9-. The number of rotatable bonds is 6. The molecule has 0 aliphatic heterocycles. The lowest BCUT2D eigenvalue weighted by atomic mass is 10.1. The Morgan fingerprint density at radius 2 is 2.00 bits per heavy atom. The van der Waals surface area contributed by atoms with Crippen molar-refractivity contribution in [1.29, 1.82) is 0 Å². The maximum atomic E-state index is 11.2. The van der Waals surface area contributed by atoms with Gasteiger partial charge in [-0.05, 0) is 33.6 Å². The highest BCUT2D eigenvalue weighted by Gasteiger charge is 2.01. The minimum atomic E-state index is -0.214. The predicted molar refractivity (Wildman–Crippen MR) is 59.1 cm³/mol. The zero-order chi connectivity index (χ0) is 11.0. The molecule has 0 amide bonds. The molecule has 0 N–H and O–H groups in total. The van der Waals surface area contributed by atoms with Crippen molar-refractivity contribution in [3.8, 4) is 0 Å². The second-order valence-electron chi connectivity index (χ2n) is 3.93. The molecule has 82 valence electrons. The van der Waals surface area contributed by atoms with Crippen LogP contribution in [-0.4, -0.2) is 12.1 Å². The summed E-state index contributed by atoms with van der Waals surface area (Å²) in [5.74, 6) is -0.214. The number of esters is 1. The molecule has 0 saturated carbocycles. The van der Waals surface area contributed by atoms with Gasteiger partial charge in [0.2, 0.25) is 0 Å². The summed E-state index contributed by atoms with van der Waals surface area (Å²) in [7, 11) is 0. The topological polar surface area (TPSA) is 26.3 Å². The summed E-state index contributed by atoms with van der Waals surface area (Å²) in [4.78, 5) is 11.2. The molecule has 0 aliphatic carbocycles. The lowest BCUT2D eigenvalue weighted by Gasteiger charge is -2.05. The Hall–Kier alpha value is -0.790. The van der Waals surface area contributed by atoms with Crippen LogP contribution in [0.5, 0.6) is 0 Å². The van der Waals surface area contributed by atoms with Crippen LogP contribution in [0.2, 0.25) is 0 Å². The smallest absolute Gasteiger partial charge is 0.330 e. The molecule has 0 rings (SSSR count). The highest BCUT2D eigenvalue weighted by molar-refractivity contribution is 5.82. The maximum absolute atomic E-state index is 11.2. The van der Waals surface area contributed by atoms with E-state index in [2.05, 4.69) is 6.92 Å². The van der Waals surface area contributed by atoms with E-state index in [4.69, 9.17) is 4.74 Å². The zero-order valence-corrected chi connectivity index (χ0v) is 9.80. The van der Waals surface area contributed by atoms with Crippen LogP contribution in [0, 0.1) is 0 Å². The Kier molecular flexibility index (Phi) is 7.17. The highest BCUT2D eigenvalue weighted by Crippen LogP contribution is 2.08. The van der Waals surface area contributed by atoms with Crippen molar-refractivity contribution < 1.29 is 9.53 Å². The number of allylic oxidation sites excluding steroid dienone is 1. The van der Waals surface area contributed by atoms with Gasteiger partial charge in [0.25, 0.3) is 0 Å². The van der Waals surface area contributed by atoms with Gasteiger partial charge < -0.3 is 4.74 Å². The molecule has 0 radical (unpaired) electrons. The van der Waals surface area contributed by atoms with Crippen molar-refractivity contribution in [3.05, 3.63) is 11.6 Å². The molecule has 2 heteroatoms. The molecule has 0 aromatic carbocycles. The second kappa shape index (κ2) is 7.60. The maximum Gasteiger partial charge on any atom is 0.330 e. The van der Waals surface area contributed by atoms with Crippen LogP contribution >= 0.6 is 0 Å². The zero-order valence-electron chi connectivity index (χ0n) is 9.80. The summed E-state index contributed by atoms with van der Waals surface area (Å²) >= 11 is 0. The molecule has 0 heterocycles. The SMILES string of the molecule is CCCCC/C(C)=C\C(=O)OC(C)C. The largest absolute Gasteiger partial charge is 0.460 e. The van der Waals surface area contributed by atoms with Crippen molar-refractivity contribution in [3.63, 3.8) is 0 Å². The minimum absolute atomic E-state index is 0.0257. The number of carbonyl (C=O) groups is 1. The average Bonchev–Trinajstić information content (AvgIpc) is 2.02. The van der Waals surface area contributed by atoms with E-state index in [1.807, 2.05) is 20.8 Å². The van der Waals surface area contributed by atoms with Gasteiger partial charge >= 0.3 is 5.97 Å². The van der Waals surface area contributed by atoms with Crippen LogP contribution in [0.3, 0.4) is 0 Å². The van der Waals surface area contributed by atoms with Crippen LogP contribution in [0.1, 0.15) is 53.4 Å². The number of unbranched alkanes of at least 4 members (excludes halogenated alkanes) is 2. The summed E-state index contributed by atoms with van der Waals surface area (Å²) in [6, 6.07) is 0. The fourth-order valence-electron chi connectivity index (χ4n) is 1.19. The van der Waals surface area contributed by atoms with E-state index in [0.29, 0.717) is 0 Å². The minimum Gasteiger partial charge on any atom is -0.460 e. The number of hydrogen-bond acceptors (Lipinski definition) is 2. The third kappa shape index (κ3) is 7.84. The average molecular weight is 198 g/mol. The van der Waals surface area contributed by atoms with Crippen LogP contribution < -0.4 is 0 Å². The van der Waals surface area contributed by atoms with Crippen molar-refractivity contribution in [2.75, 3.05) is 0 Å². The third-order valence-corrected chi connectivity index (χ3v) is 1.89. The molecule has 0 aromatic heterocycles. The van der Waals surface area contributed by atoms with Crippen LogP contribution in [-0.2, 0) is 9.53 Å². The van der Waals surface area contributed by atoms with Crippen molar-refractivity contribution in [2.24, 2.45) is 0 Å². The molecule has 14 heavy (non-hydrogen) atoms. The van der Waals surface area contributed by atoms with Gasteiger partial charge in [0.15, 0.2) is 0 Å². The van der Waals surface area contributed by atoms with E-state index in [-0.39, 0.29) is 12.1 Å². The lowest BCUT2D eigenvalue weighted by molar-refractivity contribution is -0.141. The Labute approximate surface area is 87.3 Å². The molecule has 2 nitrogen and oxygen atoms in total. The summed E-state index contributed by atoms with van der Waals surface area (Å²) in [6.07, 6.45) is 6.18. The van der Waals surface area contributed by atoms with Gasteiger partial charge in [-0.25, -0.2) is 4.79 Å². The van der Waals surface area contributed by atoms with E-state index < -0.39 is 0 Å². The molecule has 0 unspecified atom stereocenters. The first-order valence-electron chi connectivity index (χ1n) is 5.44. The molecular weight excluding hydrogens is 176 g/mol. The third-order valence-electron chi connectivity index (χ3n) is 1.89. The first kappa shape index (κ1) is 13.2. The quantitative estimate of drug-likeness (QED) is 0.371. The van der Waals surface area contributed by atoms with Crippen LogP contribution in [0.4, 0.5) is 0 Å². The monoisotopic (exact) mass is 198 g/mol. The number of hydrogen-bond donors (Lipinski definition) is 0. The molecule has 0 atom stereocenters. The fourth-order valence-corrected chi connectivity index (χ4v) is 1.19. The molecule has 0 aliphatic rings. The van der Waals surface area contributed by atoms with Gasteiger partial charge in [-0.3, -0.25) is 0 Å². The van der Waals surface area contributed by atoms with Crippen LogP contribution in [0.25, 0.3) is 0 Å². The van der Waals surface area contributed by atoms with Gasteiger partial charge in [-0.1, -0.05) is 25.3 Å². The number of carbonyl (C=O) groups excluding carboxylic acids is 1. The summed E-state index contributed by atoms with van der Waals surface area (Å²) in [5, 5.41) is 0. The summed E-state index contributed by atoms with van der Waals surface area (Å²) in [5.41, 5.74) is 1.11. The van der Waals surface area contributed by atoms with Crippen molar-refractivity contribution >= 4 is 5.97 Å². The Bertz CT molecular complexity index is 192. The Balaban J connectivity index is 3.78. The summed E-state index contributed by atoms with van der Waals surface area (Å²) < 4.78 is 5.01. The molecular formula is C12H22O2. The Morgan fingerprint density at radius 1 is 1.36 bits per heavy atom. The molecule has 0 bridgehead atoms. The summed E-state index contributed by atoms with van der Waals surface area (Å²) in [6.45, 7) is 7.87. The first-order valence-corrected chi connectivity index (χ1v) is 5.44. The van der Waals surface area contributed by atoms with Gasteiger partial charge in [0.05, 0.1) is 6.10 Å². The van der Waals surface area contributed by atoms with Crippen molar-refractivity contribution in [1.82, 2.24) is 0 Å². The molecule has 0 saturated heterocycles. The lowest BCUT2D eigenvalue weighted by Crippen LogP contribution is -2.08. The number of ether oxygens (including phenoxy) is 1. The van der Waals surface area contributed by atoms with Gasteiger partial charge in [0.1, 0.15) is 0 Å². The second-order valence-corrected chi connectivity index (χ2v) is 3.93. The first-order chi connectivity index (χ1) is 6.56. The molecule has 0 fully saturated rings. The molecule has 0 spiro atoms. The highest BCUT2D eigenvalue weighted by atomic mass is 16.5. The van der Waals surface area contributed by atoms with Gasteiger partial charge in [-0.2, -0.15) is 0 Å². The molecule has 0 aromatic rings. The predicted octanol–water partition coefficient (Wildman–Crippen LogP) is 3.46. The van der Waals surface area contributed by atoms with Gasteiger partial charge in [0, 0.05) is 6.08 Å². The fraction of sp³-hybridized carbons (Fsp3) is 0.750. The van der Waals surface area contributed by atoms with Crippen LogP contribution in [0.15, 0.2) is 11.6 Å². The van der Waals surface area contributed by atoms with E-state index in [1.165, 1.54) is 12.8 Å².